The Morgan fingerprint density at radius 3 is 2.22 bits per heavy atom. The molecule has 0 bridgehead atoms. The van der Waals surface area contributed by atoms with Crippen molar-refractivity contribution in [2.75, 3.05) is 35.5 Å². The third-order valence-electron chi connectivity index (χ3n) is 9.61. The van der Waals surface area contributed by atoms with Crippen LogP contribution in [0.3, 0.4) is 0 Å². The van der Waals surface area contributed by atoms with Gasteiger partial charge in [-0.05, 0) is 67.5 Å². The number of carbonyl (C=O) groups excluding carboxylic acids is 2. The van der Waals surface area contributed by atoms with Gasteiger partial charge in [-0.3, -0.25) is 4.79 Å². The van der Waals surface area contributed by atoms with Crippen LogP contribution in [0, 0.1) is 5.41 Å². The lowest BCUT2D eigenvalue weighted by Crippen LogP contribution is -2.63. The van der Waals surface area contributed by atoms with E-state index in [0.717, 1.165) is 29.7 Å². The molecule has 11 nitrogen and oxygen atoms in total. The van der Waals surface area contributed by atoms with E-state index in [2.05, 4.69) is 6.58 Å². The van der Waals surface area contributed by atoms with E-state index in [9.17, 15) is 9.59 Å². The molecule has 0 unspecified atom stereocenters. The molecule has 0 radical (unpaired) electrons. The SMILES string of the molecule is C=CCCCCC(=O)O[C@H]1C(=CC(=O)OC)C[C@@H](C[C@@H](OCc2ccc(OC)cc2)[C@@H](C)OCc2ccccc2)O[C@@]1(OC)C(C)(C)C=CC(OC)OC. The van der Waals surface area contributed by atoms with Crippen LogP contribution >= 0.6 is 0 Å². The summed E-state index contributed by atoms with van der Waals surface area (Å²) >= 11 is 0. The van der Waals surface area contributed by atoms with Gasteiger partial charge in [0.25, 0.3) is 0 Å². The molecule has 1 fully saturated rings. The van der Waals surface area contributed by atoms with Gasteiger partial charge in [-0.25, -0.2) is 4.79 Å². The van der Waals surface area contributed by atoms with Crippen molar-refractivity contribution in [3.63, 3.8) is 0 Å². The lowest BCUT2D eigenvalue weighted by Gasteiger charge is -2.53. The summed E-state index contributed by atoms with van der Waals surface area (Å²) in [4.78, 5) is 26.4. The minimum Gasteiger partial charge on any atom is -0.497 e. The number of esters is 2. The summed E-state index contributed by atoms with van der Waals surface area (Å²) in [7, 11) is 7.50. The molecule has 2 aromatic carbocycles. The summed E-state index contributed by atoms with van der Waals surface area (Å²) in [6, 6.07) is 17.6. The first-order chi connectivity index (χ1) is 25.9. The van der Waals surface area contributed by atoms with Crippen LogP contribution in [0.25, 0.3) is 0 Å². The van der Waals surface area contributed by atoms with Gasteiger partial charge in [0.2, 0.25) is 5.79 Å². The van der Waals surface area contributed by atoms with E-state index in [-0.39, 0.29) is 18.9 Å². The average Bonchev–Trinajstić information content (AvgIpc) is 3.18. The van der Waals surface area contributed by atoms with Crippen molar-refractivity contribution in [1.82, 2.24) is 0 Å². The van der Waals surface area contributed by atoms with Gasteiger partial charge in [-0.2, -0.15) is 0 Å². The number of methoxy groups -OCH3 is 5. The zero-order valence-corrected chi connectivity index (χ0v) is 33.2. The monoisotopic (exact) mass is 752 g/mol. The summed E-state index contributed by atoms with van der Waals surface area (Å²) in [5.41, 5.74) is 1.48. The molecule has 2 aromatic rings. The van der Waals surface area contributed by atoms with E-state index in [1.165, 1.54) is 34.5 Å². The summed E-state index contributed by atoms with van der Waals surface area (Å²) in [6.45, 7) is 10.2. The van der Waals surface area contributed by atoms with Crippen LogP contribution in [0.5, 0.6) is 5.75 Å². The van der Waals surface area contributed by atoms with Crippen LogP contribution in [0.1, 0.15) is 70.4 Å². The molecule has 1 heterocycles. The topological polar surface area (TPSA) is 117 Å². The molecule has 0 spiro atoms. The van der Waals surface area contributed by atoms with Gasteiger partial charge in [-0.15, -0.1) is 6.58 Å². The molecule has 11 heteroatoms. The van der Waals surface area contributed by atoms with Gasteiger partial charge in [0.05, 0.1) is 45.7 Å². The van der Waals surface area contributed by atoms with Crippen molar-refractivity contribution in [2.45, 2.75) is 109 Å². The van der Waals surface area contributed by atoms with Crippen molar-refractivity contribution in [2.24, 2.45) is 5.41 Å². The van der Waals surface area contributed by atoms with Crippen LogP contribution < -0.4 is 4.74 Å². The Kier molecular flexibility index (Phi) is 18.6. The molecular formula is C43H60O11. The van der Waals surface area contributed by atoms with E-state index in [0.29, 0.717) is 31.6 Å². The minimum absolute atomic E-state index is 0.169. The Morgan fingerprint density at radius 2 is 1.61 bits per heavy atom. The van der Waals surface area contributed by atoms with Crippen LogP contribution in [0.2, 0.25) is 0 Å². The summed E-state index contributed by atoms with van der Waals surface area (Å²) in [5.74, 6) is -1.92. The predicted molar refractivity (Wildman–Crippen MR) is 205 cm³/mol. The molecule has 1 saturated heterocycles. The van der Waals surface area contributed by atoms with Gasteiger partial charge >= 0.3 is 11.9 Å². The van der Waals surface area contributed by atoms with Gasteiger partial charge in [0.1, 0.15) is 5.75 Å². The maximum absolute atomic E-state index is 13.5. The molecule has 298 valence electrons. The molecule has 1 aliphatic rings. The Morgan fingerprint density at radius 1 is 0.944 bits per heavy atom. The molecule has 54 heavy (non-hydrogen) atoms. The molecule has 5 atom stereocenters. The van der Waals surface area contributed by atoms with Crippen molar-refractivity contribution in [3.05, 3.63) is 102 Å². The summed E-state index contributed by atoms with van der Waals surface area (Å²) < 4.78 is 53.9. The van der Waals surface area contributed by atoms with Gasteiger partial charge in [-0.1, -0.05) is 68.5 Å². The number of ether oxygens (including phenoxy) is 9. The quantitative estimate of drug-likeness (QED) is 0.0366. The summed E-state index contributed by atoms with van der Waals surface area (Å²) in [5, 5.41) is 0. The van der Waals surface area contributed by atoms with Crippen LogP contribution in [0.4, 0.5) is 0 Å². The van der Waals surface area contributed by atoms with Gasteiger partial charge in [0.15, 0.2) is 12.4 Å². The van der Waals surface area contributed by atoms with Crippen LogP contribution in [-0.4, -0.2) is 84.0 Å². The van der Waals surface area contributed by atoms with Crippen molar-refractivity contribution >= 4 is 11.9 Å². The fourth-order valence-electron chi connectivity index (χ4n) is 6.43. The van der Waals surface area contributed by atoms with Crippen molar-refractivity contribution in [1.29, 1.82) is 0 Å². The number of hydrogen-bond acceptors (Lipinski definition) is 11. The van der Waals surface area contributed by atoms with Crippen LogP contribution in [0.15, 0.2) is 91.1 Å². The molecule has 0 aliphatic carbocycles. The molecule has 0 aromatic heterocycles. The van der Waals surface area contributed by atoms with E-state index in [1.807, 2.05) is 87.5 Å². The average molecular weight is 753 g/mol. The molecular weight excluding hydrogens is 692 g/mol. The molecule has 1 aliphatic heterocycles. The molecule has 0 amide bonds. The Bertz CT molecular complexity index is 1480. The third-order valence-corrected chi connectivity index (χ3v) is 9.61. The van der Waals surface area contributed by atoms with Gasteiger partial charge in [0, 0.05) is 45.7 Å². The van der Waals surface area contributed by atoms with E-state index < -0.39 is 47.7 Å². The highest BCUT2D eigenvalue weighted by Gasteiger charge is 2.59. The van der Waals surface area contributed by atoms with E-state index in [4.69, 9.17) is 42.6 Å². The number of benzene rings is 2. The fraction of sp³-hybridized carbons (Fsp3) is 0.535. The van der Waals surface area contributed by atoms with E-state index in [1.54, 1.807) is 13.2 Å². The van der Waals surface area contributed by atoms with Gasteiger partial charge < -0.3 is 42.6 Å². The maximum atomic E-state index is 13.5. The number of carbonyl (C=O) groups is 2. The highest BCUT2D eigenvalue weighted by molar-refractivity contribution is 5.83. The van der Waals surface area contributed by atoms with Crippen LogP contribution in [-0.2, 0) is 60.7 Å². The second-order valence-corrected chi connectivity index (χ2v) is 13.8. The molecule has 3 rings (SSSR count). The number of allylic oxidation sites excluding steroid dienone is 1. The first kappa shape index (κ1) is 44.6. The predicted octanol–water partition coefficient (Wildman–Crippen LogP) is 7.67. The lowest BCUT2D eigenvalue weighted by atomic mass is 9.74. The van der Waals surface area contributed by atoms with E-state index >= 15 is 0 Å². The third kappa shape index (κ3) is 12.9. The first-order valence-electron chi connectivity index (χ1n) is 18.4. The van der Waals surface area contributed by atoms with Crippen molar-refractivity contribution < 1.29 is 52.2 Å². The minimum atomic E-state index is -1.62. The fourth-order valence-corrected chi connectivity index (χ4v) is 6.43. The standard InChI is InChI=1S/C43H60O11/c1-10-11-12-16-19-38(44)53-41-34(27-39(45)47-6)26-36(54-43(41,50-9)42(3,4)25-24-40(48-7)49-8)28-37(31(2)51-29-32-17-14-13-15-18-32)52-30-33-20-22-35(46-5)23-21-33/h10,13-15,17-18,20-25,27,31,36-37,40-41H,1,11-12,16,19,26,28-30H2,2-9H3/t31-,36+,37-,41+,43-/m1/s1. The smallest absolute Gasteiger partial charge is 0.330 e. The molecule has 0 saturated carbocycles. The second kappa shape index (κ2) is 22.5. The Hall–Kier alpha value is -3.84. The maximum Gasteiger partial charge on any atom is 0.330 e. The van der Waals surface area contributed by atoms with Crippen molar-refractivity contribution in [3.8, 4) is 5.75 Å². The highest BCUT2D eigenvalue weighted by Crippen LogP contribution is 2.49. The molecule has 0 N–H and O–H groups in total. The first-order valence-corrected chi connectivity index (χ1v) is 18.4. The largest absolute Gasteiger partial charge is 0.497 e. The summed E-state index contributed by atoms with van der Waals surface area (Å²) in [6.07, 6.45) is 6.49. The number of hydrogen-bond donors (Lipinski definition) is 0. The highest BCUT2D eigenvalue weighted by atomic mass is 16.7. The second-order valence-electron chi connectivity index (χ2n) is 13.8. The Balaban J connectivity index is 2.06. The Labute approximate surface area is 321 Å². The number of unbranched alkanes of at least 4 members (excludes halogenated alkanes) is 2. The number of rotatable bonds is 23. The lowest BCUT2D eigenvalue weighted by molar-refractivity contribution is -0.339. The zero-order chi connectivity index (χ0) is 39.6. The normalized spacial score (nSPS) is 20.9. The zero-order valence-electron chi connectivity index (χ0n) is 33.2.